The molecular weight excluding hydrogens is 608 g/mol. The maximum atomic E-state index is 12.3. The van der Waals surface area contributed by atoms with E-state index < -0.39 is 59.9 Å². The predicted molar refractivity (Wildman–Crippen MR) is 163 cm³/mol. The maximum absolute atomic E-state index is 12.3. The summed E-state index contributed by atoms with van der Waals surface area (Å²) >= 11 is 0. The molecule has 2 N–H and O–H groups in total. The number of ether oxygens (including phenoxy) is 6. The molecule has 0 amide bonds. The number of aliphatic hydroxyl groups excluding tert-OH is 2. The summed E-state index contributed by atoms with van der Waals surface area (Å²) < 4.78 is 30.4. The standard InChI is InChI=1S/C32H46O14/c1-5-25(35)41-19-31(17-33,20-42-26(36)6-2)23-45-29(39)15-13-11-9-10-12-14-16-30(40)46-24-32(18-34,21-43-27(37)7-3)22-44-28(38)8-4/h5-8,33-34H,1-4,9-24H2. The number of hydrogen-bond donors (Lipinski definition) is 2. The molecule has 0 aliphatic carbocycles. The Balaban J connectivity index is 4.49. The van der Waals surface area contributed by atoms with E-state index in [1.54, 1.807) is 0 Å². The Morgan fingerprint density at radius 3 is 0.913 bits per heavy atom. The molecule has 14 heteroatoms. The minimum atomic E-state index is -1.36. The lowest BCUT2D eigenvalue weighted by Gasteiger charge is -2.29. The molecular formula is C32H46O14. The van der Waals surface area contributed by atoms with Crippen molar-refractivity contribution >= 4 is 35.8 Å². The molecule has 0 aliphatic heterocycles. The molecule has 0 aromatic rings. The van der Waals surface area contributed by atoms with Gasteiger partial charge in [-0.2, -0.15) is 0 Å². The quantitative estimate of drug-likeness (QED) is 0.0565. The van der Waals surface area contributed by atoms with Gasteiger partial charge in [0.05, 0.1) is 24.0 Å². The van der Waals surface area contributed by atoms with Crippen LogP contribution >= 0.6 is 0 Å². The van der Waals surface area contributed by atoms with Crippen LogP contribution in [0.2, 0.25) is 0 Å². The molecule has 0 aliphatic rings. The van der Waals surface area contributed by atoms with Crippen LogP contribution in [-0.4, -0.2) is 98.9 Å². The highest BCUT2D eigenvalue weighted by Gasteiger charge is 2.36. The number of esters is 6. The van der Waals surface area contributed by atoms with Gasteiger partial charge in [0, 0.05) is 37.1 Å². The Morgan fingerprint density at radius 1 is 0.435 bits per heavy atom. The average molecular weight is 655 g/mol. The average Bonchev–Trinajstić information content (AvgIpc) is 3.08. The molecule has 0 saturated heterocycles. The van der Waals surface area contributed by atoms with Crippen molar-refractivity contribution in [3.05, 3.63) is 50.6 Å². The molecule has 0 aromatic carbocycles. The third-order valence-electron chi connectivity index (χ3n) is 6.51. The molecule has 258 valence electrons. The van der Waals surface area contributed by atoms with Gasteiger partial charge in [0.15, 0.2) is 0 Å². The molecule has 0 fully saturated rings. The second-order valence-electron chi connectivity index (χ2n) is 10.5. The monoisotopic (exact) mass is 654 g/mol. The topological polar surface area (TPSA) is 198 Å². The van der Waals surface area contributed by atoms with E-state index in [1.165, 1.54) is 0 Å². The van der Waals surface area contributed by atoms with Gasteiger partial charge in [-0.3, -0.25) is 9.59 Å². The normalized spacial score (nSPS) is 10.9. The largest absolute Gasteiger partial charge is 0.465 e. The lowest BCUT2D eigenvalue weighted by molar-refractivity contribution is -0.164. The first-order valence-electron chi connectivity index (χ1n) is 14.6. The van der Waals surface area contributed by atoms with Crippen LogP contribution in [0.15, 0.2) is 50.6 Å². The third-order valence-corrected chi connectivity index (χ3v) is 6.51. The van der Waals surface area contributed by atoms with Crippen molar-refractivity contribution in [2.75, 3.05) is 52.9 Å². The third kappa shape index (κ3) is 18.5. The van der Waals surface area contributed by atoms with Crippen LogP contribution in [0, 0.1) is 10.8 Å². The van der Waals surface area contributed by atoms with Crippen LogP contribution in [-0.2, 0) is 57.2 Å². The molecule has 14 nitrogen and oxygen atoms in total. The van der Waals surface area contributed by atoms with Crippen LogP contribution in [0.4, 0.5) is 0 Å². The van der Waals surface area contributed by atoms with Gasteiger partial charge in [0.25, 0.3) is 0 Å². The fourth-order valence-electron chi connectivity index (χ4n) is 3.51. The van der Waals surface area contributed by atoms with Crippen LogP contribution in [0.25, 0.3) is 0 Å². The Hall–Kier alpha value is -4.30. The van der Waals surface area contributed by atoms with Gasteiger partial charge in [-0.25, -0.2) is 19.2 Å². The smallest absolute Gasteiger partial charge is 0.330 e. The van der Waals surface area contributed by atoms with E-state index in [4.69, 9.17) is 28.4 Å². The molecule has 0 rings (SSSR count). The van der Waals surface area contributed by atoms with Gasteiger partial charge >= 0.3 is 35.8 Å². The van der Waals surface area contributed by atoms with Crippen molar-refractivity contribution in [2.45, 2.75) is 51.4 Å². The molecule has 0 aromatic heterocycles. The van der Waals surface area contributed by atoms with E-state index in [2.05, 4.69) is 26.3 Å². The van der Waals surface area contributed by atoms with E-state index in [1.807, 2.05) is 0 Å². The van der Waals surface area contributed by atoms with Gasteiger partial charge in [0.2, 0.25) is 0 Å². The van der Waals surface area contributed by atoms with Crippen molar-refractivity contribution in [1.82, 2.24) is 0 Å². The fourth-order valence-corrected chi connectivity index (χ4v) is 3.51. The first-order valence-corrected chi connectivity index (χ1v) is 14.6. The molecule has 0 radical (unpaired) electrons. The lowest BCUT2D eigenvalue weighted by Crippen LogP contribution is -2.42. The first kappa shape index (κ1) is 41.7. The number of carbonyl (C=O) groups is 6. The van der Waals surface area contributed by atoms with Crippen molar-refractivity contribution in [3.8, 4) is 0 Å². The minimum Gasteiger partial charge on any atom is -0.465 e. The summed E-state index contributed by atoms with van der Waals surface area (Å²) in [7, 11) is 0. The highest BCUT2D eigenvalue weighted by Crippen LogP contribution is 2.22. The fraction of sp³-hybridized carbons (Fsp3) is 0.562. The van der Waals surface area contributed by atoms with Crippen LogP contribution in [0.5, 0.6) is 0 Å². The summed E-state index contributed by atoms with van der Waals surface area (Å²) in [5.74, 6) is -4.11. The van der Waals surface area contributed by atoms with E-state index in [9.17, 15) is 39.0 Å². The predicted octanol–water partition coefficient (Wildman–Crippen LogP) is 2.07. The Labute approximate surface area is 269 Å². The zero-order valence-corrected chi connectivity index (χ0v) is 26.2. The highest BCUT2D eigenvalue weighted by molar-refractivity contribution is 5.82. The van der Waals surface area contributed by atoms with E-state index in [0.29, 0.717) is 25.7 Å². The summed E-state index contributed by atoms with van der Waals surface area (Å²) in [5.41, 5.74) is -2.71. The zero-order chi connectivity index (χ0) is 34.8. The van der Waals surface area contributed by atoms with E-state index in [0.717, 1.165) is 37.1 Å². The molecule has 0 spiro atoms. The zero-order valence-electron chi connectivity index (χ0n) is 26.2. The number of aliphatic hydroxyl groups is 2. The van der Waals surface area contributed by atoms with Crippen molar-refractivity contribution in [2.24, 2.45) is 10.8 Å². The summed E-state index contributed by atoms with van der Waals surface area (Å²) in [6.45, 7) is 9.74. The van der Waals surface area contributed by atoms with Crippen molar-refractivity contribution in [1.29, 1.82) is 0 Å². The minimum absolute atomic E-state index is 0.101. The molecule has 0 saturated carbocycles. The van der Waals surface area contributed by atoms with Crippen LogP contribution in [0.3, 0.4) is 0 Å². The number of hydrogen-bond acceptors (Lipinski definition) is 14. The second-order valence-corrected chi connectivity index (χ2v) is 10.5. The number of carbonyl (C=O) groups excluding carboxylic acids is 6. The number of unbranched alkanes of at least 4 members (excludes halogenated alkanes) is 5. The Bertz CT molecular complexity index is 917. The summed E-state index contributed by atoms with van der Waals surface area (Å²) in [6.07, 6.45) is 7.98. The summed E-state index contributed by atoms with van der Waals surface area (Å²) in [6, 6.07) is 0. The SMILES string of the molecule is C=CC(=O)OCC(CO)(COC(=O)C=C)COC(=O)CCCCCCCCC(=O)OCC(CO)(COC(=O)C=C)COC(=O)C=C. The van der Waals surface area contributed by atoms with Crippen molar-refractivity contribution < 1.29 is 67.4 Å². The van der Waals surface area contributed by atoms with Gasteiger partial charge in [0.1, 0.15) is 39.6 Å². The van der Waals surface area contributed by atoms with Gasteiger partial charge in [-0.15, -0.1) is 0 Å². The maximum Gasteiger partial charge on any atom is 0.330 e. The van der Waals surface area contributed by atoms with Gasteiger partial charge in [-0.05, 0) is 12.8 Å². The molecule has 46 heavy (non-hydrogen) atoms. The summed E-state index contributed by atoms with van der Waals surface area (Å²) in [5, 5.41) is 19.8. The second kappa shape index (κ2) is 24.0. The van der Waals surface area contributed by atoms with Crippen LogP contribution < -0.4 is 0 Å². The van der Waals surface area contributed by atoms with Crippen LogP contribution in [0.1, 0.15) is 51.4 Å². The van der Waals surface area contributed by atoms with Gasteiger partial charge < -0.3 is 38.6 Å². The Morgan fingerprint density at radius 2 is 0.674 bits per heavy atom. The Kier molecular flexibility index (Phi) is 21.8. The van der Waals surface area contributed by atoms with Crippen molar-refractivity contribution in [3.63, 3.8) is 0 Å². The van der Waals surface area contributed by atoms with E-state index in [-0.39, 0.29) is 52.5 Å². The summed E-state index contributed by atoms with van der Waals surface area (Å²) in [4.78, 5) is 70.4. The van der Waals surface area contributed by atoms with E-state index >= 15 is 0 Å². The van der Waals surface area contributed by atoms with Gasteiger partial charge in [-0.1, -0.05) is 52.0 Å². The first-order chi connectivity index (χ1) is 21.9. The number of rotatable bonds is 27. The molecule has 0 bridgehead atoms. The highest BCUT2D eigenvalue weighted by atomic mass is 16.6. The lowest BCUT2D eigenvalue weighted by atomic mass is 9.92. The molecule has 0 unspecified atom stereocenters. The molecule has 0 atom stereocenters. The molecule has 0 heterocycles.